The van der Waals surface area contributed by atoms with Crippen LogP contribution in [0.15, 0.2) is 46.6 Å². The smallest absolute Gasteiger partial charge is 0.155 e. The Kier molecular flexibility index (Phi) is 27.9. The lowest BCUT2D eigenvalue weighted by atomic mass is 9.83. The van der Waals surface area contributed by atoms with E-state index in [1.54, 1.807) is 0 Å². The zero-order chi connectivity index (χ0) is 40.3. The molecular weight excluding hydrogens is 665 g/mol. The average Bonchev–Trinajstić information content (AvgIpc) is 3.06. The molecule has 5 unspecified atom stereocenters. The number of aliphatic hydroxyl groups is 1. The Morgan fingerprint density at radius 3 is 1.19 bits per heavy atom. The zero-order valence-corrected chi connectivity index (χ0v) is 36.9. The summed E-state index contributed by atoms with van der Waals surface area (Å²) in [5.41, 5.74) is 5.20. The van der Waals surface area contributed by atoms with Gasteiger partial charge in [0.2, 0.25) is 0 Å². The molecule has 0 heterocycles. The van der Waals surface area contributed by atoms with Gasteiger partial charge in [-0.15, -0.1) is 0 Å². The maximum Gasteiger partial charge on any atom is 0.155 e. The fourth-order valence-corrected chi connectivity index (χ4v) is 9.00. The zero-order valence-electron chi connectivity index (χ0n) is 36.9. The van der Waals surface area contributed by atoms with E-state index in [-0.39, 0.29) is 6.10 Å². The van der Waals surface area contributed by atoms with E-state index >= 15 is 0 Å². The van der Waals surface area contributed by atoms with Crippen molar-refractivity contribution in [2.24, 2.45) is 29.6 Å². The Hall–Kier alpha value is -2.07. The van der Waals surface area contributed by atoms with E-state index in [9.17, 15) is 19.5 Å². The first-order valence-corrected chi connectivity index (χ1v) is 22.7. The van der Waals surface area contributed by atoms with Gasteiger partial charge in [0.25, 0.3) is 0 Å². The van der Waals surface area contributed by atoms with Crippen LogP contribution in [0.25, 0.3) is 0 Å². The Morgan fingerprint density at radius 2 is 0.833 bits per heavy atom. The lowest BCUT2D eigenvalue weighted by molar-refractivity contribution is -0.116. The van der Waals surface area contributed by atoms with Crippen molar-refractivity contribution in [3.63, 3.8) is 0 Å². The fourth-order valence-electron chi connectivity index (χ4n) is 9.00. The molecule has 0 aromatic rings. The molecule has 0 spiro atoms. The molecule has 0 radical (unpaired) electrons. The van der Waals surface area contributed by atoms with Crippen LogP contribution in [-0.2, 0) is 14.4 Å². The summed E-state index contributed by atoms with van der Waals surface area (Å²) >= 11 is 0. The molecule has 0 fully saturated rings. The van der Waals surface area contributed by atoms with Crippen LogP contribution in [0.5, 0.6) is 0 Å². The van der Waals surface area contributed by atoms with Crippen LogP contribution in [0, 0.1) is 29.6 Å². The number of aliphatic hydroxyl groups excluding tert-OH is 1. The number of hydrogen-bond acceptors (Lipinski definition) is 4. The first kappa shape index (κ1) is 49.9. The molecule has 0 saturated heterocycles. The Labute approximate surface area is 334 Å². The summed E-state index contributed by atoms with van der Waals surface area (Å²) in [6.45, 7) is 19.6. The maximum atomic E-state index is 11.3. The van der Waals surface area contributed by atoms with Gasteiger partial charge >= 0.3 is 0 Å². The van der Waals surface area contributed by atoms with Gasteiger partial charge in [-0.25, -0.2) is 0 Å². The number of allylic oxidation sites excluding steroid dienone is 7. The number of carbonyl (C=O) groups is 3. The van der Waals surface area contributed by atoms with E-state index in [1.165, 1.54) is 131 Å². The summed E-state index contributed by atoms with van der Waals surface area (Å²) in [5, 5.41) is 9.49. The van der Waals surface area contributed by atoms with E-state index in [2.05, 4.69) is 62.3 Å². The highest BCUT2D eigenvalue weighted by molar-refractivity contribution is 5.92. The summed E-state index contributed by atoms with van der Waals surface area (Å²) in [6.07, 6.45) is 36.1. The monoisotopic (exact) mass is 751 g/mol. The molecule has 4 rings (SSSR count). The fraction of sp³-hybridized carbons (Fsp3) is 0.780. The van der Waals surface area contributed by atoms with Gasteiger partial charge in [0, 0.05) is 19.3 Å². The molecule has 0 aromatic carbocycles. The van der Waals surface area contributed by atoms with E-state index in [0.717, 1.165) is 50.9 Å². The van der Waals surface area contributed by atoms with Gasteiger partial charge in [0.1, 0.15) is 0 Å². The quantitative estimate of drug-likeness (QED) is 0.119. The molecule has 0 amide bonds. The van der Waals surface area contributed by atoms with Gasteiger partial charge < -0.3 is 5.11 Å². The van der Waals surface area contributed by atoms with Gasteiger partial charge in [0.15, 0.2) is 17.3 Å². The van der Waals surface area contributed by atoms with Crippen LogP contribution in [-0.4, -0.2) is 28.6 Å². The van der Waals surface area contributed by atoms with Crippen molar-refractivity contribution in [2.45, 2.75) is 223 Å². The highest BCUT2D eigenvalue weighted by Gasteiger charge is 2.21. The predicted octanol–water partition coefficient (Wildman–Crippen LogP) is 14.4. The molecule has 0 aromatic heterocycles. The van der Waals surface area contributed by atoms with E-state index in [1.807, 2.05) is 24.3 Å². The van der Waals surface area contributed by atoms with E-state index in [4.69, 9.17) is 0 Å². The minimum Gasteiger partial charge on any atom is -0.389 e. The summed E-state index contributed by atoms with van der Waals surface area (Å²) in [4.78, 5) is 33.9. The second kappa shape index (κ2) is 30.1. The topological polar surface area (TPSA) is 71.4 Å². The number of ketones is 3. The summed E-state index contributed by atoms with van der Waals surface area (Å²) in [5.74, 6) is 4.42. The van der Waals surface area contributed by atoms with Crippen LogP contribution in [0.2, 0.25) is 0 Å². The first-order valence-electron chi connectivity index (χ1n) is 22.7. The Bertz CT molecular complexity index is 1180. The summed E-state index contributed by atoms with van der Waals surface area (Å²) in [6, 6.07) is 0. The third-order valence-electron chi connectivity index (χ3n) is 11.4. The predicted molar refractivity (Wildman–Crippen MR) is 233 cm³/mol. The summed E-state index contributed by atoms with van der Waals surface area (Å²) in [7, 11) is 0. The van der Waals surface area contributed by atoms with Crippen LogP contribution in [0.1, 0.15) is 216 Å². The third-order valence-corrected chi connectivity index (χ3v) is 11.4. The maximum absolute atomic E-state index is 11.3. The van der Waals surface area contributed by atoms with Crippen molar-refractivity contribution in [1.82, 2.24) is 0 Å². The van der Waals surface area contributed by atoms with Gasteiger partial charge in [-0.05, 0) is 133 Å². The minimum absolute atomic E-state index is 0.178. The normalized spacial score (nSPS) is 24.1. The van der Waals surface area contributed by atoms with E-state index in [0.29, 0.717) is 41.0 Å². The van der Waals surface area contributed by atoms with Crippen molar-refractivity contribution >= 4 is 17.3 Å². The standard InChI is InChI=1S/C14H24O.C13H22O.C12H20O.C11H20O/c1-3-4-5-6-7-8-13-9-12(2)10-14(15)11-13;1-3-4-5-6-7-12-8-11(2)9-13(14)10-12;1-3-4-5-6-11-7-10(2)8-12(13)9-11;1-8(2)4-10-5-9(3)6-11(12)7-10/h10,13H,3-9,11H2,1-2H3;9,12H,3-8,10H2,1-2H3;8,11H,3-7,9H2,1-2H3;6,8,10-12H,4-5,7H2,1-3H3. The van der Waals surface area contributed by atoms with Gasteiger partial charge in [-0.3, -0.25) is 14.4 Å². The van der Waals surface area contributed by atoms with E-state index < -0.39 is 0 Å². The van der Waals surface area contributed by atoms with Crippen molar-refractivity contribution in [1.29, 1.82) is 0 Å². The third kappa shape index (κ3) is 25.9. The molecule has 54 heavy (non-hydrogen) atoms. The Morgan fingerprint density at radius 1 is 0.500 bits per heavy atom. The highest BCUT2D eigenvalue weighted by Crippen LogP contribution is 2.30. The van der Waals surface area contributed by atoms with Gasteiger partial charge in [0.05, 0.1) is 6.10 Å². The number of hydrogen-bond donors (Lipinski definition) is 1. The molecule has 1 N–H and O–H groups in total. The first-order chi connectivity index (χ1) is 25.7. The van der Waals surface area contributed by atoms with Crippen LogP contribution < -0.4 is 0 Å². The molecule has 4 aliphatic rings. The molecule has 0 bridgehead atoms. The minimum atomic E-state index is -0.178. The molecule has 4 heteroatoms. The molecule has 310 valence electrons. The second-order valence-corrected chi connectivity index (χ2v) is 18.3. The summed E-state index contributed by atoms with van der Waals surface area (Å²) < 4.78 is 0. The number of unbranched alkanes of at least 4 members (excludes halogenated alkanes) is 9. The molecular formula is C50H86O4. The van der Waals surface area contributed by atoms with Crippen molar-refractivity contribution in [2.75, 3.05) is 0 Å². The molecule has 4 nitrogen and oxygen atoms in total. The largest absolute Gasteiger partial charge is 0.389 e. The SMILES string of the molecule is CC1=CC(O)CC(CC(C)C)C1.CCCCCC1CC(=O)C=C(C)C1.CCCCCCC1CC(=O)C=C(C)C1.CCCCCCCC1CC(=O)C=C(C)C1. The second-order valence-electron chi connectivity index (χ2n) is 18.3. The average molecular weight is 751 g/mol. The molecule has 0 saturated carbocycles. The van der Waals surface area contributed by atoms with Crippen LogP contribution in [0.3, 0.4) is 0 Å². The lowest BCUT2D eigenvalue weighted by Crippen LogP contribution is -2.18. The number of rotatable bonds is 17. The lowest BCUT2D eigenvalue weighted by Gasteiger charge is -2.25. The van der Waals surface area contributed by atoms with Gasteiger partial charge in [-0.1, -0.05) is 140 Å². The molecule has 0 aliphatic heterocycles. The van der Waals surface area contributed by atoms with Crippen LogP contribution >= 0.6 is 0 Å². The van der Waals surface area contributed by atoms with Crippen molar-refractivity contribution < 1.29 is 19.5 Å². The van der Waals surface area contributed by atoms with Crippen molar-refractivity contribution in [3.8, 4) is 0 Å². The molecule has 4 aliphatic carbocycles. The van der Waals surface area contributed by atoms with Gasteiger partial charge in [-0.2, -0.15) is 0 Å². The van der Waals surface area contributed by atoms with Crippen molar-refractivity contribution in [3.05, 3.63) is 46.6 Å². The molecule has 5 atom stereocenters. The van der Waals surface area contributed by atoms with Crippen LogP contribution in [0.4, 0.5) is 0 Å². The number of carbonyl (C=O) groups excluding carboxylic acids is 3. The Balaban J connectivity index is 0.000000361. The highest BCUT2D eigenvalue weighted by atomic mass is 16.3.